The molecule has 146 valence electrons. The molecule has 0 fully saturated rings. The number of nitrogens with one attached hydrogen (secondary N) is 1. The van der Waals surface area contributed by atoms with E-state index in [9.17, 15) is 26.4 Å². The van der Waals surface area contributed by atoms with E-state index in [-0.39, 0.29) is 5.69 Å². The van der Waals surface area contributed by atoms with Crippen molar-refractivity contribution in [2.45, 2.75) is 19.5 Å². The maximum absolute atomic E-state index is 12.8. The van der Waals surface area contributed by atoms with Gasteiger partial charge in [0, 0.05) is 5.69 Å². The van der Waals surface area contributed by atoms with Crippen LogP contribution >= 0.6 is 0 Å². The van der Waals surface area contributed by atoms with E-state index in [1.54, 1.807) is 24.3 Å². The maximum Gasteiger partial charge on any atom is 0.416 e. The summed E-state index contributed by atoms with van der Waals surface area (Å²) in [6, 6.07) is 10.8. The lowest BCUT2D eigenvalue weighted by Crippen LogP contribution is -2.37. The van der Waals surface area contributed by atoms with Gasteiger partial charge in [-0.3, -0.25) is 9.10 Å². The summed E-state index contributed by atoms with van der Waals surface area (Å²) in [6.07, 6.45) is -2.81. The number of sulfonamides is 1. The van der Waals surface area contributed by atoms with Crippen molar-refractivity contribution in [3.8, 4) is 0 Å². The van der Waals surface area contributed by atoms with Gasteiger partial charge >= 0.3 is 6.18 Å². The lowest BCUT2D eigenvalue weighted by atomic mass is 10.1. The third-order valence-electron chi connectivity index (χ3n) is 3.79. The van der Waals surface area contributed by atoms with Gasteiger partial charge in [0.2, 0.25) is 15.9 Å². The number of hydrogen-bond acceptors (Lipinski definition) is 3. The van der Waals surface area contributed by atoms with E-state index in [1.807, 2.05) is 6.92 Å². The van der Waals surface area contributed by atoms with Crippen LogP contribution in [0.2, 0.25) is 0 Å². The van der Waals surface area contributed by atoms with Crippen LogP contribution in [0.15, 0.2) is 48.5 Å². The molecule has 0 aliphatic carbocycles. The molecule has 27 heavy (non-hydrogen) atoms. The van der Waals surface area contributed by atoms with Crippen molar-refractivity contribution < 1.29 is 26.4 Å². The van der Waals surface area contributed by atoms with Crippen molar-refractivity contribution in [1.82, 2.24) is 0 Å². The maximum atomic E-state index is 12.8. The van der Waals surface area contributed by atoms with Crippen LogP contribution < -0.4 is 9.62 Å². The van der Waals surface area contributed by atoms with Gasteiger partial charge in [0.05, 0.1) is 17.5 Å². The van der Waals surface area contributed by atoms with E-state index in [0.717, 1.165) is 40.7 Å². The zero-order valence-corrected chi connectivity index (χ0v) is 15.6. The standard InChI is InChI=1S/C18H19F3N2O3S/c1-3-13-7-9-16(10-8-13)23(27(2,25)26)12-17(24)22-15-6-4-5-14(11-15)18(19,20)21/h4-11H,3,12H2,1-2H3,(H,22,24). The van der Waals surface area contributed by atoms with E-state index in [0.29, 0.717) is 5.69 Å². The van der Waals surface area contributed by atoms with Crippen LogP contribution in [0, 0.1) is 0 Å². The second kappa shape index (κ2) is 7.99. The Kier molecular flexibility index (Phi) is 6.15. The molecular weight excluding hydrogens is 381 g/mol. The van der Waals surface area contributed by atoms with Crippen molar-refractivity contribution in [3.63, 3.8) is 0 Å². The molecule has 0 unspecified atom stereocenters. The Hall–Kier alpha value is -2.55. The minimum Gasteiger partial charge on any atom is -0.325 e. The van der Waals surface area contributed by atoms with Crippen LogP contribution in [-0.2, 0) is 27.4 Å². The summed E-state index contributed by atoms with van der Waals surface area (Å²) in [4.78, 5) is 12.2. The predicted molar refractivity (Wildman–Crippen MR) is 98.1 cm³/mol. The smallest absolute Gasteiger partial charge is 0.325 e. The monoisotopic (exact) mass is 400 g/mol. The topological polar surface area (TPSA) is 66.5 Å². The Morgan fingerprint density at radius 2 is 1.74 bits per heavy atom. The first-order chi connectivity index (χ1) is 12.5. The van der Waals surface area contributed by atoms with Crippen LogP contribution in [-0.4, -0.2) is 27.1 Å². The minimum absolute atomic E-state index is 0.0652. The zero-order valence-electron chi connectivity index (χ0n) is 14.7. The molecule has 2 rings (SSSR count). The van der Waals surface area contributed by atoms with E-state index >= 15 is 0 Å². The van der Waals surface area contributed by atoms with Crippen molar-refractivity contribution in [2.75, 3.05) is 22.4 Å². The number of hydrogen-bond donors (Lipinski definition) is 1. The van der Waals surface area contributed by atoms with Crippen LogP contribution in [0.5, 0.6) is 0 Å². The van der Waals surface area contributed by atoms with Crippen LogP contribution in [0.25, 0.3) is 0 Å². The number of rotatable bonds is 6. The molecule has 0 saturated carbocycles. The molecule has 0 aliphatic rings. The second-order valence-corrected chi connectivity index (χ2v) is 7.82. The zero-order chi connectivity index (χ0) is 20.2. The Balaban J connectivity index is 2.19. The Morgan fingerprint density at radius 3 is 2.26 bits per heavy atom. The van der Waals surface area contributed by atoms with E-state index in [4.69, 9.17) is 0 Å². The van der Waals surface area contributed by atoms with E-state index < -0.39 is 34.2 Å². The highest BCUT2D eigenvalue weighted by atomic mass is 32.2. The minimum atomic E-state index is -4.54. The average molecular weight is 400 g/mol. The fraction of sp³-hybridized carbons (Fsp3) is 0.278. The first-order valence-corrected chi connectivity index (χ1v) is 9.89. The van der Waals surface area contributed by atoms with Gasteiger partial charge < -0.3 is 5.32 Å². The second-order valence-electron chi connectivity index (χ2n) is 5.92. The van der Waals surface area contributed by atoms with Gasteiger partial charge in [0.15, 0.2) is 0 Å². The lowest BCUT2D eigenvalue weighted by molar-refractivity contribution is -0.137. The van der Waals surface area contributed by atoms with Gasteiger partial charge in [-0.2, -0.15) is 13.2 Å². The molecule has 2 aromatic rings. The normalized spacial score (nSPS) is 11.9. The molecule has 0 bridgehead atoms. The van der Waals surface area contributed by atoms with E-state index in [2.05, 4.69) is 5.32 Å². The summed E-state index contributed by atoms with van der Waals surface area (Å²) in [7, 11) is -3.76. The Morgan fingerprint density at radius 1 is 1.11 bits per heavy atom. The number of aryl methyl sites for hydroxylation is 1. The third-order valence-corrected chi connectivity index (χ3v) is 4.93. The first-order valence-electron chi connectivity index (χ1n) is 8.04. The predicted octanol–water partition coefficient (Wildman–Crippen LogP) is 3.67. The summed E-state index contributed by atoms with van der Waals surface area (Å²) in [6.45, 7) is 1.40. The number of carbonyl (C=O) groups excluding carboxylic acids is 1. The molecule has 0 radical (unpaired) electrons. The van der Waals surface area contributed by atoms with Crippen LogP contribution in [0.4, 0.5) is 24.5 Å². The molecule has 1 N–H and O–H groups in total. The lowest BCUT2D eigenvalue weighted by Gasteiger charge is -2.22. The summed E-state index contributed by atoms with van der Waals surface area (Å²) in [5, 5.41) is 2.30. The highest BCUT2D eigenvalue weighted by Crippen LogP contribution is 2.30. The highest BCUT2D eigenvalue weighted by Gasteiger charge is 2.30. The van der Waals surface area contributed by atoms with Gasteiger partial charge in [-0.25, -0.2) is 8.42 Å². The van der Waals surface area contributed by atoms with Gasteiger partial charge in [-0.05, 0) is 42.3 Å². The Bertz CT molecular complexity index is 910. The number of nitrogens with zero attached hydrogens (tertiary/aromatic N) is 1. The molecule has 1 amide bonds. The molecule has 9 heteroatoms. The third kappa shape index (κ3) is 5.72. The SMILES string of the molecule is CCc1ccc(N(CC(=O)Nc2cccc(C(F)(F)F)c2)S(C)(=O)=O)cc1. The molecule has 0 heterocycles. The molecular formula is C18H19F3N2O3S. The highest BCUT2D eigenvalue weighted by molar-refractivity contribution is 7.92. The fourth-order valence-corrected chi connectivity index (χ4v) is 3.26. The molecule has 0 atom stereocenters. The van der Waals surface area contributed by atoms with Gasteiger partial charge in [-0.15, -0.1) is 0 Å². The van der Waals surface area contributed by atoms with E-state index in [1.165, 1.54) is 6.07 Å². The largest absolute Gasteiger partial charge is 0.416 e. The molecule has 0 saturated heterocycles. The fourth-order valence-electron chi connectivity index (χ4n) is 2.40. The number of carbonyl (C=O) groups is 1. The molecule has 5 nitrogen and oxygen atoms in total. The number of alkyl halides is 3. The first kappa shape index (κ1) is 20.8. The average Bonchev–Trinajstić information content (AvgIpc) is 2.58. The van der Waals surface area contributed by atoms with Crippen molar-refractivity contribution in [2.24, 2.45) is 0 Å². The van der Waals surface area contributed by atoms with Gasteiger partial charge in [0.25, 0.3) is 0 Å². The number of halogens is 3. The molecule has 2 aromatic carbocycles. The molecule has 0 spiro atoms. The summed E-state index contributed by atoms with van der Waals surface area (Å²) in [5.74, 6) is -0.751. The van der Waals surface area contributed by atoms with Gasteiger partial charge in [0.1, 0.15) is 6.54 Å². The van der Waals surface area contributed by atoms with Crippen molar-refractivity contribution in [1.29, 1.82) is 0 Å². The van der Waals surface area contributed by atoms with Crippen LogP contribution in [0.1, 0.15) is 18.1 Å². The summed E-state index contributed by atoms with van der Waals surface area (Å²) < 4.78 is 63.3. The summed E-state index contributed by atoms with van der Waals surface area (Å²) >= 11 is 0. The summed E-state index contributed by atoms with van der Waals surface area (Å²) in [5.41, 5.74) is 0.328. The quantitative estimate of drug-likeness (QED) is 0.805. The number of anilines is 2. The molecule has 0 aromatic heterocycles. The Labute approximate surface area is 155 Å². The van der Waals surface area contributed by atoms with Crippen molar-refractivity contribution >= 4 is 27.3 Å². The molecule has 0 aliphatic heterocycles. The number of benzene rings is 2. The van der Waals surface area contributed by atoms with Crippen LogP contribution in [0.3, 0.4) is 0 Å². The van der Waals surface area contributed by atoms with Crippen molar-refractivity contribution in [3.05, 3.63) is 59.7 Å². The van der Waals surface area contributed by atoms with Gasteiger partial charge in [-0.1, -0.05) is 25.1 Å². The number of amides is 1.